The largest absolute Gasteiger partial charge is 0.330 e. The molecule has 0 aromatic carbocycles. The molecule has 1 heterocycles. The lowest BCUT2D eigenvalue weighted by Gasteiger charge is -2.30. The number of aromatic nitrogens is 2. The van der Waals surface area contributed by atoms with Gasteiger partial charge < -0.3 is 5.73 Å². The Morgan fingerprint density at radius 3 is 2.29 bits per heavy atom. The number of hydrogen-bond donors (Lipinski definition) is 1. The van der Waals surface area contributed by atoms with Crippen molar-refractivity contribution in [1.82, 2.24) is 9.78 Å². The van der Waals surface area contributed by atoms with E-state index in [4.69, 9.17) is 17.3 Å². The molecule has 1 rings (SSSR count). The fraction of sp³-hybridized carbons (Fsp3) is 0.769. The summed E-state index contributed by atoms with van der Waals surface area (Å²) in [5.74, 6) is 0. The second kappa shape index (κ2) is 5.87. The zero-order chi connectivity index (χ0) is 13.1. The monoisotopic (exact) mass is 257 g/mol. The summed E-state index contributed by atoms with van der Waals surface area (Å²) in [6.07, 6.45) is 3.07. The van der Waals surface area contributed by atoms with E-state index in [0.717, 1.165) is 42.2 Å². The Morgan fingerprint density at radius 1 is 1.29 bits per heavy atom. The summed E-state index contributed by atoms with van der Waals surface area (Å²) < 4.78 is 2.01. The molecular formula is C13H24ClN3. The standard InChI is InChI=1S/C13H24ClN3/c1-5-13(6-2,9-15)8-11-12(14)10(4)16-17(11)7-3/h5-9,15H2,1-4H3. The van der Waals surface area contributed by atoms with Gasteiger partial charge in [0.05, 0.1) is 16.4 Å². The van der Waals surface area contributed by atoms with Gasteiger partial charge in [-0.1, -0.05) is 25.4 Å². The highest BCUT2D eigenvalue weighted by Gasteiger charge is 2.28. The third kappa shape index (κ3) is 2.83. The average molecular weight is 258 g/mol. The first-order chi connectivity index (χ1) is 8.03. The van der Waals surface area contributed by atoms with Crippen molar-refractivity contribution in [3.05, 3.63) is 16.4 Å². The SMILES string of the molecule is CCn1nc(C)c(Cl)c1CC(CC)(CC)CN. The molecule has 98 valence electrons. The first-order valence-electron chi connectivity index (χ1n) is 6.45. The van der Waals surface area contributed by atoms with Crippen LogP contribution in [-0.2, 0) is 13.0 Å². The fourth-order valence-electron chi connectivity index (χ4n) is 2.25. The first kappa shape index (κ1) is 14.5. The second-order valence-electron chi connectivity index (χ2n) is 4.75. The smallest absolute Gasteiger partial charge is 0.0847 e. The number of hydrogen-bond acceptors (Lipinski definition) is 2. The molecule has 0 radical (unpaired) electrons. The molecule has 3 nitrogen and oxygen atoms in total. The van der Waals surface area contributed by atoms with Crippen molar-refractivity contribution in [1.29, 1.82) is 0 Å². The molecule has 0 aliphatic carbocycles. The fourth-order valence-corrected chi connectivity index (χ4v) is 2.46. The molecule has 0 spiro atoms. The zero-order valence-corrected chi connectivity index (χ0v) is 12.1. The minimum atomic E-state index is 0.156. The quantitative estimate of drug-likeness (QED) is 0.851. The summed E-state index contributed by atoms with van der Waals surface area (Å²) in [4.78, 5) is 0. The van der Waals surface area contributed by atoms with E-state index in [1.807, 2.05) is 11.6 Å². The van der Waals surface area contributed by atoms with Gasteiger partial charge in [0.1, 0.15) is 0 Å². The van der Waals surface area contributed by atoms with Crippen LogP contribution in [0.25, 0.3) is 0 Å². The maximum Gasteiger partial charge on any atom is 0.0847 e. The number of rotatable bonds is 6. The molecule has 0 aliphatic heterocycles. The van der Waals surface area contributed by atoms with Gasteiger partial charge in [-0.2, -0.15) is 5.10 Å². The van der Waals surface area contributed by atoms with Crippen LogP contribution < -0.4 is 5.73 Å². The van der Waals surface area contributed by atoms with Gasteiger partial charge in [-0.15, -0.1) is 0 Å². The van der Waals surface area contributed by atoms with Crippen LogP contribution in [0.2, 0.25) is 5.02 Å². The average Bonchev–Trinajstić information content (AvgIpc) is 2.63. The predicted molar refractivity (Wildman–Crippen MR) is 73.4 cm³/mol. The molecule has 0 fully saturated rings. The van der Waals surface area contributed by atoms with Gasteiger partial charge in [0.2, 0.25) is 0 Å². The summed E-state index contributed by atoms with van der Waals surface area (Å²) >= 11 is 6.35. The maximum absolute atomic E-state index is 6.35. The first-order valence-corrected chi connectivity index (χ1v) is 6.83. The van der Waals surface area contributed by atoms with E-state index in [2.05, 4.69) is 25.9 Å². The minimum absolute atomic E-state index is 0.156. The van der Waals surface area contributed by atoms with E-state index in [0.29, 0.717) is 6.54 Å². The topological polar surface area (TPSA) is 43.8 Å². The highest BCUT2D eigenvalue weighted by atomic mass is 35.5. The van der Waals surface area contributed by atoms with Gasteiger partial charge in [-0.05, 0) is 45.1 Å². The highest BCUT2D eigenvalue weighted by molar-refractivity contribution is 6.31. The van der Waals surface area contributed by atoms with E-state index in [1.165, 1.54) is 0 Å². The van der Waals surface area contributed by atoms with E-state index < -0.39 is 0 Å². The number of halogens is 1. The molecular weight excluding hydrogens is 234 g/mol. The summed E-state index contributed by atoms with van der Waals surface area (Å²) in [5, 5.41) is 5.27. The maximum atomic E-state index is 6.35. The Kier molecular flexibility index (Phi) is 5.02. The highest BCUT2D eigenvalue weighted by Crippen LogP contribution is 2.33. The Balaban J connectivity index is 3.08. The van der Waals surface area contributed by atoms with Crippen molar-refractivity contribution in [3.63, 3.8) is 0 Å². The molecule has 4 heteroatoms. The van der Waals surface area contributed by atoms with Gasteiger partial charge in [-0.3, -0.25) is 4.68 Å². The van der Waals surface area contributed by atoms with Gasteiger partial charge >= 0.3 is 0 Å². The molecule has 0 atom stereocenters. The number of aryl methyl sites for hydroxylation is 2. The Hall–Kier alpha value is -0.540. The summed E-state index contributed by atoms with van der Waals surface area (Å²) in [7, 11) is 0. The van der Waals surface area contributed by atoms with Gasteiger partial charge in [0, 0.05) is 6.54 Å². The van der Waals surface area contributed by atoms with E-state index >= 15 is 0 Å². The third-order valence-electron chi connectivity index (χ3n) is 3.93. The molecule has 1 aromatic rings. The number of nitrogens with zero attached hydrogens (tertiary/aromatic N) is 2. The Labute approximate surface area is 109 Å². The summed E-state index contributed by atoms with van der Waals surface area (Å²) in [6.45, 7) is 10.0. The molecule has 0 aliphatic rings. The van der Waals surface area contributed by atoms with Crippen LogP contribution in [0.1, 0.15) is 45.0 Å². The second-order valence-corrected chi connectivity index (χ2v) is 5.13. The van der Waals surface area contributed by atoms with Crippen LogP contribution in [0.4, 0.5) is 0 Å². The van der Waals surface area contributed by atoms with Crippen molar-refractivity contribution in [2.24, 2.45) is 11.1 Å². The third-order valence-corrected chi connectivity index (χ3v) is 4.42. The molecule has 2 N–H and O–H groups in total. The molecule has 1 aromatic heterocycles. The van der Waals surface area contributed by atoms with Crippen LogP contribution in [0, 0.1) is 12.3 Å². The number of nitrogens with two attached hydrogens (primary N) is 1. The predicted octanol–water partition coefficient (Wildman–Crippen LogP) is 3.17. The van der Waals surface area contributed by atoms with Crippen LogP contribution in [-0.4, -0.2) is 16.3 Å². The normalized spacial score (nSPS) is 12.1. The lowest BCUT2D eigenvalue weighted by Crippen LogP contribution is -2.32. The Bertz CT molecular complexity index is 359. The van der Waals surface area contributed by atoms with Crippen molar-refractivity contribution in [3.8, 4) is 0 Å². The molecule has 0 unspecified atom stereocenters. The Morgan fingerprint density at radius 2 is 1.88 bits per heavy atom. The van der Waals surface area contributed by atoms with Crippen LogP contribution in [0.15, 0.2) is 0 Å². The summed E-state index contributed by atoms with van der Waals surface area (Å²) in [5.41, 5.74) is 8.17. The molecule has 0 bridgehead atoms. The lowest BCUT2D eigenvalue weighted by molar-refractivity contribution is 0.264. The van der Waals surface area contributed by atoms with E-state index in [-0.39, 0.29) is 5.41 Å². The van der Waals surface area contributed by atoms with Gasteiger partial charge in [0.15, 0.2) is 0 Å². The van der Waals surface area contributed by atoms with Crippen molar-refractivity contribution < 1.29 is 0 Å². The van der Waals surface area contributed by atoms with Gasteiger partial charge in [0.25, 0.3) is 0 Å². The van der Waals surface area contributed by atoms with Crippen molar-refractivity contribution in [2.45, 2.75) is 53.5 Å². The van der Waals surface area contributed by atoms with Crippen LogP contribution in [0.3, 0.4) is 0 Å². The van der Waals surface area contributed by atoms with Crippen LogP contribution >= 0.6 is 11.6 Å². The summed E-state index contributed by atoms with van der Waals surface area (Å²) in [6, 6.07) is 0. The molecule has 0 amide bonds. The van der Waals surface area contributed by atoms with Crippen molar-refractivity contribution in [2.75, 3.05) is 6.54 Å². The van der Waals surface area contributed by atoms with E-state index in [1.54, 1.807) is 0 Å². The van der Waals surface area contributed by atoms with Crippen LogP contribution in [0.5, 0.6) is 0 Å². The molecule has 17 heavy (non-hydrogen) atoms. The van der Waals surface area contributed by atoms with Crippen molar-refractivity contribution >= 4 is 11.6 Å². The molecule has 0 saturated heterocycles. The zero-order valence-electron chi connectivity index (χ0n) is 11.4. The lowest BCUT2D eigenvalue weighted by atomic mass is 9.78. The van der Waals surface area contributed by atoms with Gasteiger partial charge in [-0.25, -0.2) is 0 Å². The minimum Gasteiger partial charge on any atom is -0.330 e. The van der Waals surface area contributed by atoms with E-state index in [9.17, 15) is 0 Å². The molecule has 0 saturated carbocycles.